The number of thioether (sulfide) groups is 1. The van der Waals surface area contributed by atoms with E-state index in [-0.39, 0.29) is 0 Å². The van der Waals surface area contributed by atoms with Crippen LogP contribution in [0.2, 0.25) is 0 Å². The molecule has 0 aromatic carbocycles. The molecule has 2 rings (SSSR count). The van der Waals surface area contributed by atoms with E-state index in [0.29, 0.717) is 12.0 Å². The molecule has 0 aromatic rings. The quantitative estimate of drug-likeness (QED) is 0.569. The van der Waals surface area contributed by atoms with Crippen LogP contribution in [0.3, 0.4) is 0 Å². The van der Waals surface area contributed by atoms with E-state index in [2.05, 4.69) is 33.7 Å². The highest BCUT2D eigenvalue weighted by Crippen LogP contribution is 2.26. The van der Waals surface area contributed by atoms with Gasteiger partial charge in [0, 0.05) is 44.5 Å². The van der Waals surface area contributed by atoms with Gasteiger partial charge in [0.1, 0.15) is 0 Å². The molecule has 0 bridgehead atoms. The average molecular weight is 343 g/mol. The van der Waals surface area contributed by atoms with Crippen molar-refractivity contribution in [2.45, 2.75) is 43.9 Å². The molecule has 3 atom stereocenters. The van der Waals surface area contributed by atoms with Crippen molar-refractivity contribution in [1.82, 2.24) is 15.5 Å². The van der Waals surface area contributed by atoms with Crippen molar-refractivity contribution in [3.05, 3.63) is 0 Å². The molecule has 1 aliphatic carbocycles. The largest absolute Gasteiger partial charge is 0.379 e. The number of morpholine rings is 1. The first-order chi connectivity index (χ1) is 11.2. The van der Waals surface area contributed by atoms with Crippen LogP contribution in [-0.2, 0) is 4.74 Å². The first kappa shape index (κ1) is 18.9. The van der Waals surface area contributed by atoms with E-state index in [0.717, 1.165) is 50.6 Å². The van der Waals surface area contributed by atoms with Crippen LogP contribution in [-0.4, -0.2) is 74.8 Å². The lowest BCUT2D eigenvalue weighted by molar-refractivity contribution is 0.0320. The van der Waals surface area contributed by atoms with Crippen LogP contribution < -0.4 is 10.6 Å². The number of hydrogen-bond donors (Lipinski definition) is 2. The van der Waals surface area contributed by atoms with Crippen molar-refractivity contribution in [2.75, 3.05) is 52.7 Å². The third kappa shape index (κ3) is 6.89. The van der Waals surface area contributed by atoms with Crippen LogP contribution in [0.5, 0.6) is 0 Å². The average Bonchev–Trinajstić information content (AvgIpc) is 2.59. The highest BCUT2D eigenvalue weighted by atomic mass is 32.2. The molecule has 1 saturated heterocycles. The van der Waals surface area contributed by atoms with E-state index in [1.165, 1.54) is 25.7 Å². The second-order valence-electron chi connectivity index (χ2n) is 6.84. The van der Waals surface area contributed by atoms with Gasteiger partial charge >= 0.3 is 0 Å². The van der Waals surface area contributed by atoms with Crippen molar-refractivity contribution >= 4 is 17.7 Å². The van der Waals surface area contributed by atoms with E-state index >= 15 is 0 Å². The van der Waals surface area contributed by atoms with E-state index in [9.17, 15) is 0 Å². The fourth-order valence-corrected chi connectivity index (χ4v) is 4.27. The van der Waals surface area contributed by atoms with Crippen molar-refractivity contribution in [3.63, 3.8) is 0 Å². The third-order valence-electron chi connectivity index (χ3n) is 4.82. The van der Waals surface area contributed by atoms with Gasteiger partial charge < -0.3 is 15.4 Å². The Morgan fingerprint density at radius 1 is 1.35 bits per heavy atom. The molecule has 6 heteroatoms. The second-order valence-corrected chi connectivity index (χ2v) is 7.97. The Bertz CT molecular complexity index is 361. The van der Waals surface area contributed by atoms with Gasteiger partial charge in [-0.2, -0.15) is 11.8 Å². The first-order valence-corrected chi connectivity index (χ1v) is 10.3. The van der Waals surface area contributed by atoms with Crippen LogP contribution in [0.1, 0.15) is 32.6 Å². The third-order valence-corrected chi connectivity index (χ3v) is 5.91. The minimum atomic E-state index is 0.571. The fraction of sp³-hybridized carbons (Fsp3) is 0.941. The summed E-state index contributed by atoms with van der Waals surface area (Å²) in [6.07, 6.45) is 7.44. The van der Waals surface area contributed by atoms with Gasteiger partial charge in [-0.25, -0.2) is 0 Å². The van der Waals surface area contributed by atoms with Gasteiger partial charge in [-0.1, -0.05) is 13.3 Å². The Morgan fingerprint density at radius 2 is 2.13 bits per heavy atom. The molecule has 1 aliphatic heterocycles. The summed E-state index contributed by atoms with van der Waals surface area (Å²) in [6.45, 7) is 8.29. The van der Waals surface area contributed by atoms with Crippen molar-refractivity contribution in [2.24, 2.45) is 10.9 Å². The van der Waals surface area contributed by atoms with Crippen LogP contribution in [0.4, 0.5) is 0 Å². The molecule has 2 N–H and O–H groups in total. The molecule has 0 spiro atoms. The summed E-state index contributed by atoms with van der Waals surface area (Å²) in [7, 11) is 1.87. The molecule has 2 aliphatic rings. The van der Waals surface area contributed by atoms with Crippen LogP contribution >= 0.6 is 11.8 Å². The van der Waals surface area contributed by atoms with Crippen LogP contribution in [0, 0.1) is 5.92 Å². The van der Waals surface area contributed by atoms with Gasteiger partial charge in [0.2, 0.25) is 0 Å². The minimum absolute atomic E-state index is 0.571. The monoisotopic (exact) mass is 342 g/mol. The molecule has 0 amide bonds. The van der Waals surface area contributed by atoms with Crippen molar-refractivity contribution < 1.29 is 4.74 Å². The summed E-state index contributed by atoms with van der Waals surface area (Å²) in [5, 5.41) is 7.94. The first-order valence-electron chi connectivity index (χ1n) is 9.01. The Kier molecular flexibility index (Phi) is 8.55. The van der Waals surface area contributed by atoms with Gasteiger partial charge in [0.05, 0.1) is 13.2 Å². The fourth-order valence-electron chi connectivity index (χ4n) is 3.44. The summed E-state index contributed by atoms with van der Waals surface area (Å²) in [5.74, 6) is 1.57. The zero-order valence-corrected chi connectivity index (χ0v) is 15.8. The molecule has 5 nitrogen and oxygen atoms in total. The zero-order chi connectivity index (χ0) is 16.5. The van der Waals surface area contributed by atoms with Crippen molar-refractivity contribution in [3.8, 4) is 0 Å². The van der Waals surface area contributed by atoms with Crippen molar-refractivity contribution in [1.29, 1.82) is 0 Å². The summed E-state index contributed by atoms with van der Waals surface area (Å²) < 4.78 is 5.41. The van der Waals surface area contributed by atoms with E-state index in [1.54, 1.807) is 0 Å². The number of nitrogens with zero attached hydrogens (tertiary/aromatic N) is 2. The van der Waals surface area contributed by atoms with Gasteiger partial charge in [-0.05, 0) is 31.4 Å². The lowest BCUT2D eigenvalue weighted by Gasteiger charge is -2.31. The number of rotatable bonds is 6. The van der Waals surface area contributed by atoms with Crippen LogP contribution in [0.25, 0.3) is 0 Å². The Hall–Kier alpha value is -0.460. The molecule has 1 heterocycles. The standard InChI is InChI=1S/C17H34N4OS/c1-14(13-21-7-9-22-10-8-21)12-19-17(18-2)20-15-5-4-6-16(11-15)23-3/h14-16H,4-13H2,1-3H3,(H2,18,19,20). The number of aliphatic imine (C=N–C) groups is 1. The lowest BCUT2D eigenvalue weighted by Crippen LogP contribution is -2.48. The van der Waals surface area contributed by atoms with Crippen LogP contribution in [0.15, 0.2) is 4.99 Å². The smallest absolute Gasteiger partial charge is 0.191 e. The maximum absolute atomic E-state index is 5.41. The van der Waals surface area contributed by atoms with Gasteiger partial charge in [-0.15, -0.1) is 0 Å². The Morgan fingerprint density at radius 3 is 2.83 bits per heavy atom. The number of guanidine groups is 1. The molecular weight excluding hydrogens is 308 g/mol. The van der Waals surface area contributed by atoms with Gasteiger partial charge in [-0.3, -0.25) is 9.89 Å². The highest BCUT2D eigenvalue weighted by molar-refractivity contribution is 7.99. The maximum Gasteiger partial charge on any atom is 0.191 e. The lowest BCUT2D eigenvalue weighted by atomic mass is 9.95. The summed E-state index contributed by atoms with van der Waals surface area (Å²) in [6, 6.07) is 0.571. The predicted octanol–water partition coefficient (Wildman–Crippen LogP) is 1.79. The van der Waals surface area contributed by atoms with Gasteiger partial charge in [0.25, 0.3) is 0 Å². The number of nitrogens with one attached hydrogen (secondary N) is 2. The molecule has 134 valence electrons. The summed E-state index contributed by atoms with van der Waals surface area (Å²) in [4.78, 5) is 6.90. The second kappa shape index (κ2) is 10.4. The van der Waals surface area contributed by atoms with E-state index in [1.807, 2.05) is 18.8 Å². The van der Waals surface area contributed by atoms with E-state index < -0.39 is 0 Å². The molecule has 3 unspecified atom stereocenters. The minimum Gasteiger partial charge on any atom is -0.379 e. The molecular formula is C17H34N4OS. The van der Waals surface area contributed by atoms with Gasteiger partial charge in [0.15, 0.2) is 5.96 Å². The molecule has 2 fully saturated rings. The SMILES string of the molecule is CN=C(NCC(C)CN1CCOCC1)NC1CCCC(SC)C1. The highest BCUT2D eigenvalue weighted by Gasteiger charge is 2.22. The molecule has 23 heavy (non-hydrogen) atoms. The summed E-state index contributed by atoms with van der Waals surface area (Å²) >= 11 is 2.01. The zero-order valence-electron chi connectivity index (χ0n) is 15.0. The predicted molar refractivity (Wildman–Crippen MR) is 100 cm³/mol. The van der Waals surface area contributed by atoms with E-state index in [4.69, 9.17) is 4.74 Å². The number of ether oxygens (including phenoxy) is 1. The Balaban J connectivity index is 1.67. The molecule has 0 radical (unpaired) electrons. The molecule has 0 aromatic heterocycles. The number of hydrogen-bond acceptors (Lipinski definition) is 4. The normalized spacial score (nSPS) is 28.4. The Labute approximate surface area is 146 Å². The topological polar surface area (TPSA) is 48.9 Å². The summed E-state index contributed by atoms with van der Waals surface area (Å²) in [5.41, 5.74) is 0. The molecule has 1 saturated carbocycles. The maximum atomic E-state index is 5.41.